The van der Waals surface area contributed by atoms with Crippen LogP contribution in [-0.2, 0) is 9.59 Å². The average Bonchev–Trinajstić information content (AvgIpc) is 3.40. The van der Waals surface area contributed by atoms with Crippen molar-refractivity contribution in [3.05, 3.63) is 78.9 Å². The number of rotatable bonds is 3. The van der Waals surface area contributed by atoms with E-state index in [1.807, 2.05) is 49.4 Å². The van der Waals surface area contributed by atoms with Gasteiger partial charge in [-0.2, -0.15) is 0 Å². The van der Waals surface area contributed by atoms with Crippen LogP contribution < -0.4 is 9.64 Å². The number of carbonyl (C=O) groups is 2. The molecular formula is C26H21NO3. The maximum absolute atomic E-state index is 13.2. The maximum atomic E-state index is 13.2. The summed E-state index contributed by atoms with van der Waals surface area (Å²) < 4.78 is 6.00. The summed E-state index contributed by atoms with van der Waals surface area (Å²) in [5.74, 6) is 1.41. The van der Waals surface area contributed by atoms with Gasteiger partial charge in [0.15, 0.2) is 0 Å². The molecule has 0 N–H and O–H groups in total. The van der Waals surface area contributed by atoms with Crippen molar-refractivity contribution < 1.29 is 14.3 Å². The summed E-state index contributed by atoms with van der Waals surface area (Å²) in [4.78, 5) is 27.8. The standard InChI is InChI=1S/C26H21NO3/c1-26-19-8-6-18(14-19)23(26)24(28)27(25(26)29)20-9-12-21(13-10-20)30-22-11-7-16-4-2-3-5-17(16)15-22/h2-13,15,18-19,23H,14H2,1H3/t18-,19+,23+,26+/m1/s1. The highest BCUT2D eigenvalue weighted by molar-refractivity contribution is 6.24. The van der Waals surface area contributed by atoms with Gasteiger partial charge in [-0.05, 0) is 72.4 Å². The van der Waals surface area contributed by atoms with Gasteiger partial charge in [0, 0.05) is 0 Å². The van der Waals surface area contributed by atoms with Crippen LogP contribution in [0.3, 0.4) is 0 Å². The molecule has 148 valence electrons. The monoisotopic (exact) mass is 395 g/mol. The SMILES string of the molecule is C[C@@]12C(=O)N(c3ccc(Oc4ccc5ccccc5c4)cc3)C(=O)[C@@H]1[C@@H]1C=C[C@H]2C1. The van der Waals surface area contributed by atoms with Crippen molar-refractivity contribution in [1.29, 1.82) is 0 Å². The Morgan fingerprint density at radius 1 is 0.900 bits per heavy atom. The zero-order valence-corrected chi connectivity index (χ0v) is 16.6. The van der Waals surface area contributed by atoms with Gasteiger partial charge >= 0.3 is 0 Å². The van der Waals surface area contributed by atoms with E-state index in [4.69, 9.17) is 4.74 Å². The summed E-state index contributed by atoms with van der Waals surface area (Å²) in [6.45, 7) is 1.96. The Labute approximate surface area is 174 Å². The zero-order chi connectivity index (χ0) is 20.5. The van der Waals surface area contributed by atoms with Gasteiger partial charge in [-0.1, -0.05) is 42.5 Å². The molecule has 2 aliphatic carbocycles. The number of imide groups is 1. The third-order valence-corrected chi connectivity index (χ3v) is 7.16. The fourth-order valence-corrected chi connectivity index (χ4v) is 5.58. The number of carbonyl (C=O) groups excluding carboxylic acids is 2. The minimum Gasteiger partial charge on any atom is -0.457 e. The molecule has 3 aliphatic rings. The normalized spacial score (nSPS) is 29.1. The second-order valence-corrected chi connectivity index (χ2v) is 8.74. The predicted octanol–water partition coefficient (Wildman–Crippen LogP) is 5.33. The van der Waals surface area contributed by atoms with E-state index >= 15 is 0 Å². The second-order valence-electron chi connectivity index (χ2n) is 8.74. The highest BCUT2D eigenvalue weighted by Gasteiger charge is 2.67. The van der Waals surface area contributed by atoms with Crippen molar-refractivity contribution >= 4 is 28.3 Å². The number of amides is 2. The van der Waals surface area contributed by atoms with Crippen LogP contribution in [0.15, 0.2) is 78.9 Å². The van der Waals surface area contributed by atoms with E-state index in [9.17, 15) is 9.59 Å². The number of ether oxygens (including phenoxy) is 1. The molecule has 1 heterocycles. The summed E-state index contributed by atoms with van der Waals surface area (Å²) in [6, 6.07) is 21.3. The number of allylic oxidation sites excluding steroid dienone is 2. The molecule has 6 rings (SSSR count). The Morgan fingerprint density at radius 3 is 2.40 bits per heavy atom. The Hall–Kier alpha value is -3.40. The molecule has 3 aromatic rings. The van der Waals surface area contributed by atoms with Gasteiger partial charge < -0.3 is 4.74 Å². The molecule has 2 fully saturated rings. The summed E-state index contributed by atoms with van der Waals surface area (Å²) in [5, 5.41) is 2.27. The largest absolute Gasteiger partial charge is 0.457 e. The van der Waals surface area contributed by atoms with E-state index in [1.165, 1.54) is 4.90 Å². The Kier molecular flexibility index (Phi) is 3.52. The summed E-state index contributed by atoms with van der Waals surface area (Å²) in [6.07, 6.45) is 5.16. The van der Waals surface area contributed by atoms with E-state index in [2.05, 4.69) is 24.3 Å². The van der Waals surface area contributed by atoms with Gasteiger partial charge in [-0.15, -0.1) is 0 Å². The molecule has 1 saturated heterocycles. The van der Waals surface area contributed by atoms with Crippen molar-refractivity contribution in [2.75, 3.05) is 4.90 Å². The molecule has 4 nitrogen and oxygen atoms in total. The topological polar surface area (TPSA) is 46.6 Å². The molecular weight excluding hydrogens is 374 g/mol. The fourth-order valence-electron chi connectivity index (χ4n) is 5.58. The molecule has 4 heteroatoms. The third-order valence-electron chi connectivity index (χ3n) is 7.16. The molecule has 3 aromatic carbocycles. The van der Waals surface area contributed by atoms with Gasteiger partial charge in [0.25, 0.3) is 0 Å². The minimum atomic E-state index is -0.600. The Morgan fingerprint density at radius 2 is 1.63 bits per heavy atom. The van der Waals surface area contributed by atoms with Crippen LogP contribution >= 0.6 is 0 Å². The van der Waals surface area contributed by atoms with Gasteiger partial charge in [0.1, 0.15) is 11.5 Å². The van der Waals surface area contributed by atoms with Crippen LogP contribution in [0.25, 0.3) is 10.8 Å². The maximum Gasteiger partial charge on any atom is 0.241 e. The van der Waals surface area contributed by atoms with Crippen molar-refractivity contribution in [3.8, 4) is 11.5 Å². The second kappa shape index (κ2) is 6.05. The first-order chi connectivity index (χ1) is 14.6. The van der Waals surface area contributed by atoms with Crippen molar-refractivity contribution in [2.45, 2.75) is 13.3 Å². The lowest BCUT2D eigenvalue weighted by molar-refractivity contribution is -0.127. The number of anilines is 1. The van der Waals surface area contributed by atoms with E-state index in [-0.39, 0.29) is 29.6 Å². The fraction of sp³-hybridized carbons (Fsp3) is 0.231. The van der Waals surface area contributed by atoms with Crippen molar-refractivity contribution in [2.24, 2.45) is 23.2 Å². The van der Waals surface area contributed by atoms with Crippen LogP contribution in [0.5, 0.6) is 11.5 Å². The number of hydrogen-bond acceptors (Lipinski definition) is 3. The smallest absolute Gasteiger partial charge is 0.241 e. The minimum absolute atomic E-state index is 0.0671. The lowest BCUT2D eigenvalue weighted by Gasteiger charge is -2.28. The van der Waals surface area contributed by atoms with E-state index in [1.54, 1.807) is 12.1 Å². The van der Waals surface area contributed by atoms with Crippen LogP contribution in [0, 0.1) is 23.2 Å². The van der Waals surface area contributed by atoms with Gasteiger partial charge in [0.2, 0.25) is 11.8 Å². The Bertz CT molecular complexity index is 1230. The van der Waals surface area contributed by atoms with E-state index in [0.717, 1.165) is 22.9 Å². The molecule has 1 aliphatic heterocycles. The van der Waals surface area contributed by atoms with Crippen molar-refractivity contribution in [3.63, 3.8) is 0 Å². The molecule has 2 amide bonds. The van der Waals surface area contributed by atoms with E-state index < -0.39 is 5.41 Å². The van der Waals surface area contributed by atoms with E-state index in [0.29, 0.717) is 11.4 Å². The summed E-state index contributed by atoms with van der Waals surface area (Å²) in [7, 11) is 0. The van der Waals surface area contributed by atoms with Gasteiger partial charge in [-0.25, -0.2) is 4.90 Å². The molecule has 1 saturated carbocycles. The molecule has 30 heavy (non-hydrogen) atoms. The summed E-state index contributed by atoms with van der Waals surface area (Å²) in [5.41, 5.74) is 0.0161. The summed E-state index contributed by atoms with van der Waals surface area (Å²) >= 11 is 0. The first-order valence-corrected chi connectivity index (χ1v) is 10.4. The lowest BCUT2D eigenvalue weighted by Crippen LogP contribution is -2.37. The molecule has 0 unspecified atom stereocenters. The first kappa shape index (κ1) is 17.5. The highest BCUT2D eigenvalue weighted by atomic mass is 16.5. The quantitative estimate of drug-likeness (QED) is 0.445. The molecule has 2 bridgehead atoms. The predicted molar refractivity (Wildman–Crippen MR) is 115 cm³/mol. The Balaban J connectivity index is 1.26. The first-order valence-electron chi connectivity index (χ1n) is 10.4. The molecule has 0 radical (unpaired) electrons. The van der Waals surface area contributed by atoms with Crippen LogP contribution in [0.4, 0.5) is 5.69 Å². The number of hydrogen-bond donors (Lipinski definition) is 0. The highest BCUT2D eigenvalue weighted by Crippen LogP contribution is 2.60. The zero-order valence-electron chi connectivity index (χ0n) is 16.6. The van der Waals surface area contributed by atoms with Crippen LogP contribution in [0.2, 0.25) is 0 Å². The molecule has 4 atom stereocenters. The third kappa shape index (κ3) is 2.28. The number of nitrogens with zero attached hydrogens (tertiary/aromatic N) is 1. The van der Waals surface area contributed by atoms with Crippen molar-refractivity contribution in [1.82, 2.24) is 0 Å². The number of benzene rings is 3. The van der Waals surface area contributed by atoms with Crippen LogP contribution in [0.1, 0.15) is 13.3 Å². The van der Waals surface area contributed by atoms with Gasteiger partial charge in [-0.3, -0.25) is 9.59 Å². The lowest BCUT2D eigenvalue weighted by atomic mass is 9.71. The van der Waals surface area contributed by atoms with Gasteiger partial charge in [0.05, 0.1) is 17.0 Å². The van der Waals surface area contributed by atoms with Crippen LogP contribution in [-0.4, -0.2) is 11.8 Å². The molecule has 0 aromatic heterocycles. The average molecular weight is 395 g/mol. The number of fused-ring (bicyclic) bond motifs is 6. The molecule has 0 spiro atoms.